The van der Waals surface area contributed by atoms with Gasteiger partial charge in [-0.2, -0.15) is 5.26 Å². The van der Waals surface area contributed by atoms with Crippen LogP contribution in [0.3, 0.4) is 0 Å². The van der Waals surface area contributed by atoms with Crippen molar-refractivity contribution in [3.05, 3.63) is 17.8 Å². The Morgan fingerprint density at radius 3 is 2.62 bits per heavy atom. The highest BCUT2D eigenvalue weighted by molar-refractivity contribution is 6.74. The molecule has 26 heavy (non-hydrogen) atoms. The van der Waals surface area contributed by atoms with Crippen LogP contribution in [-0.4, -0.2) is 45.7 Å². The minimum atomic E-state index is -1.72. The molecule has 6 nitrogen and oxygen atoms in total. The number of methoxy groups -OCH3 is 1. The molecule has 1 aliphatic rings. The van der Waals surface area contributed by atoms with Gasteiger partial charge in [0.1, 0.15) is 17.7 Å². The van der Waals surface area contributed by atoms with Crippen molar-refractivity contribution < 1.29 is 13.9 Å². The van der Waals surface area contributed by atoms with E-state index in [1.165, 1.54) is 7.11 Å². The van der Waals surface area contributed by atoms with Crippen LogP contribution in [0, 0.1) is 11.3 Å². The van der Waals surface area contributed by atoms with Crippen molar-refractivity contribution in [2.45, 2.75) is 63.9 Å². The van der Waals surface area contributed by atoms with Crippen LogP contribution in [0.4, 0.5) is 0 Å². The van der Waals surface area contributed by atoms with Gasteiger partial charge in [-0.15, -0.1) is 0 Å². The second-order valence-electron chi connectivity index (χ2n) is 8.30. The van der Waals surface area contributed by atoms with Crippen molar-refractivity contribution >= 4 is 8.32 Å². The second-order valence-corrected chi connectivity index (χ2v) is 13.1. The Kier molecular flexibility index (Phi) is 6.67. The zero-order valence-corrected chi connectivity index (χ0v) is 17.8. The molecule has 1 N–H and O–H groups in total. The van der Waals surface area contributed by atoms with Crippen molar-refractivity contribution in [2.75, 3.05) is 20.3 Å². The highest BCUT2D eigenvalue weighted by Crippen LogP contribution is 2.36. The Bertz CT molecular complexity index is 644. The fraction of sp³-hybridized carbons (Fsp3) is 0.684. The number of ether oxygens (including phenoxy) is 2. The standard InChI is InChI=1S/C19H31N3O3Si/c1-19(2,3)26(5,6)24-13-15-7-8-16(12-22-15)25-18-17(23-4)14(11-20)9-10-21-18/h9-10,15-16,22H,7-8,12-13H2,1-6H3/t15-,16+/m0/s1. The topological polar surface area (TPSA) is 76.4 Å². The van der Waals surface area contributed by atoms with Crippen molar-refractivity contribution in [2.24, 2.45) is 0 Å². The van der Waals surface area contributed by atoms with Gasteiger partial charge < -0.3 is 19.2 Å². The number of nitriles is 1. The van der Waals surface area contributed by atoms with Gasteiger partial charge in [0.25, 0.3) is 5.88 Å². The van der Waals surface area contributed by atoms with E-state index in [2.05, 4.69) is 50.2 Å². The van der Waals surface area contributed by atoms with Crippen LogP contribution in [0.25, 0.3) is 0 Å². The molecule has 0 bridgehead atoms. The van der Waals surface area contributed by atoms with E-state index >= 15 is 0 Å². The molecule has 0 spiro atoms. The van der Waals surface area contributed by atoms with E-state index in [1.54, 1.807) is 12.3 Å². The first kappa shape index (κ1) is 20.7. The van der Waals surface area contributed by atoms with Crippen LogP contribution in [0.5, 0.6) is 11.6 Å². The predicted molar refractivity (Wildman–Crippen MR) is 104 cm³/mol. The van der Waals surface area contributed by atoms with Gasteiger partial charge in [0.15, 0.2) is 14.1 Å². The minimum absolute atomic E-state index is 0.00876. The maximum atomic E-state index is 9.16. The van der Waals surface area contributed by atoms with Gasteiger partial charge in [0, 0.05) is 25.4 Å². The van der Waals surface area contributed by atoms with Gasteiger partial charge in [0.05, 0.1) is 7.11 Å². The van der Waals surface area contributed by atoms with E-state index in [0.29, 0.717) is 23.2 Å². The smallest absolute Gasteiger partial charge is 0.258 e. The van der Waals surface area contributed by atoms with Gasteiger partial charge in [-0.3, -0.25) is 0 Å². The summed E-state index contributed by atoms with van der Waals surface area (Å²) in [6.45, 7) is 12.8. The molecule has 0 unspecified atom stereocenters. The number of hydrogen-bond donors (Lipinski definition) is 1. The molecule has 0 aromatic carbocycles. The Hall–Kier alpha value is -1.62. The van der Waals surface area contributed by atoms with Gasteiger partial charge in [0.2, 0.25) is 0 Å². The first-order valence-corrected chi connectivity index (χ1v) is 12.1. The quantitative estimate of drug-likeness (QED) is 0.765. The highest BCUT2D eigenvalue weighted by atomic mass is 28.4. The van der Waals surface area contributed by atoms with Gasteiger partial charge in [-0.25, -0.2) is 4.98 Å². The van der Waals surface area contributed by atoms with E-state index < -0.39 is 8.32 Å². The summed E-state index contributed by atoms with van der Waals surface area (Å²) in [6, 6.07) is 4.08. The Labute approximate surface area is 158 Å². The lowest BCUT2D eigenvalue weighted by atomic mass is 10.0. The normalized spacial score (nSPS) is 21.1. The number of piperidine rings is 1. The number of rotatable bonds is 6. The van der Waals surface area contributed by atoms with Crippen molar-refractivity contribution in [3.8, 4) is 17.7 Å². The zero-order chi connectivity index (χ0) is 19.4. The molecule has 1 aromatic heterocycles. The largest absolute Gasteiger partial charge is 0.490 e. The summed E-state index contributed by atoms with van der Waals surface area (Å²) in [7, 11) is -0.192. The minimum Gasteiger partial charge on any atom is -0.490 e. The molecule has 1 fully saturated rings. The summed E-state index contributed by atoms with van der Waals surface area (Å²) in [4.78, 5) is 4.22. The van der Waals surface area contributed by atoms with Crippen LogP contribution in [0.2, 0.25) is 18.1 Å². The molecule has 144 valence electrons. The second kappa shape index (κ2) is 8.38. The van der Waals surface area contributed by atoms with Crippen molar-refractivity contribution in [1.29, 1.82) is 5.26 Å². The summed E-state index contributed by atoms with van der Waals surface area (Å²) < 4.78 is 17.6. The van der Waals surface area contributed by atoms with Crippen molar-refractivity contribution in [3.63, 3.8) is 0 Å². The molecular formula is C19H31N3O3Si. The van der Waals surface area contributed by atoms with Crippen LogP contribution in [-0.2, 0) is 4.43 Å². The van der Waals surface area contributed by atoms with Crippen LogP contribution >= 0.6 is 0 Å². The molecule has 1 aromatic rings. The first-order valence-electron chi connectivity index (χ1n) is 9.15. The summed E-state index contributed by atoms with van der Waals surface area (Å²) in [6.07, 6.45) is 3.48. The SMILES string of the molecule is COc1c(C#N)ccnc1O[C@@H]1CC[C@@H](CO[Si](C)(C)C(C)(C)C)NC1. The molecule has 0 aliphatic carbocycles. The molecule has 1 saturated heterocycles. The number of pyridine rings is 1. The number of aromatic nitrogens is 1. The van der Waals surface area contributed by atoms with Gasteiger partial charge in [-0.1, -0.05) is 20.8 Å². The average molecular weight is 378 g/mol. The number of nitrogens with one attached hydrogen (secondary N) is 1. The monoisotopic (exact) mass is 377 g/mol. The lowest BCUT2D eigenvalue weighted by Gasteiger charge is -2.38. The summed E-state index contributed by atoms with van der Waals surface area (Å²) in [5, 5.41) is 12.9. The molecule has 0 amide bonds. The summed E-state index contributed by atoms with van der Waals surface area (Å²) >= 11 is 0. The maximum Gasteiger partial charge on any atom is 0.258 e. The lowest BCUT2D eigenvalue weighted by Crippen LogP contribution is -2.49. The molecule has 1 aliphatic heterocycles. The molecular weight excluding hydrogens is 346 g/mol. The third kappa shape index (κ3) is 4.97. The predicted octanol–water partition coefficient (Wildman–Crippen LogP) is 3.48. The Morgan fingerprint density at radius 1 is 1.35 bits per heavy atom. The fourth-order valence-electron chi connectivity index (χ4n) is 2.61. The van der Waals surface area contributed by atoms with E-state index in [4.69, 9.17) is 19.2 Å². The van der Waals surface area contributed by atoms with E-state index in [0.717, 1.165) is 26.0 Å². The molecule has 2 rings (SSSR count). The van der Waals surface area contributed by atoms with E-state index in [-0.39, 0.29) is 11.1 Å². The molecule has 2 atom stereocenters. The fourth-order valence-corrected chi connectivity index (χ4v) is 3.66. The highest BCUT2D eigenvalue weighted by Gasteiger charge is 2.38. The molecule has 7 heteroatoms. The first-order chi connectivity index (χ1) is 12.2. The third-order valence-electron chi connectivity index (χ3n) is 5.40. The van der Waals surface area contributed by atoms with Crippen LogP contribution < -0.4 is 14.8 Å². The van der Waals surface area contributed by atoms with Crippen molar-refractivity contribution in [1.82, 2.24) is 10.3 Å². The lowest BCUT2D eigenvalue weighted by molar-refractivity contribution is 0.120. The summed E-state index contributed by atoms with van der Waals surface area (Å²) in [5.41, 5.74) is 0.432. The summed E-state index contributed by atoms with van der Waals surface area (Å²) in [5.74, 6) is 0.785. The number of nitrogens with zero attached hydrogens (tertiary/aromatic N) is 2. The molecule has 0 saturated carbocycles. The van der Waals surface area contributed by atoms with Gasteiger partial charge in [-0.05, 0) is 37.0 Å². The van der Waals surface area contributed by atoms with Crippen LogP contribution in [0.15, 0.2) is 12.3 Å². The third-order valence-corrected chi connectivity index (χ3v) is 9.90. The number of hydrogen-bond acceptors (Lipinski definition) is 6. The zero-order valence-electron chi connectivity index (χ0n) is 16.8. The Morgan fingerprint density at radius 2 is 2.08 bits per heavy atom. The average Bonchev–Trinajstić information content (AvgIpc) is 2.60. The maximum absolute atomic E-state index is 9.16. The molecule has 0 radical (unpaired) electrons. The van der Waals surface area contributed by atoms with E-state index in [1.807, 2.05) is 0 Å². The van der Waals surface area contributed by atoms with Crippen LogP contribution in [0.1, 0.15) is 39.2 Å². The van der Waals surface area contributed by atoms with Gasteiger partial charge >= 0.3 is 0 Å². The molecule has 2 heterocycles. The Balaban J connectivity index is 1.87. The van der Waals surface area contributed by atoms with E-state index in [9.17, 15) is 0 Å².